The molecule has 0 heterocycles. The summed E-state index contributed by atoms with van der Waals surface area (Å²) < 4.78 is 26.0. The lowest BCUT2D eigenvalue weighted by Crippen LogP contribution is -2.35. The number of carbonyl (C=O) groups is 1. The van der Waals surface area contributed by atoms with Gasteiger partial charge in [0.15, 0.2) is 0 Å². The average molecular weight is 393 g/mol. The van der Waals surface area contributed by atoms with Gasteiger partial charge in [0.05, 0.1) is 11.9 Å². The van der Waals surface area contributed by atoms with Crippen LogP contribution in [0.5, 0.6) is 0 Å². The zero-order valence-corrected chi connectivity index (χ0v) is 17.8. The Hall–Kier alpha value is -1.82. The summed E-state index contributed by atoms with van der Waals surface area (Å²) in [7, 11) is -3.46. The number of amides is 1. The second-order valence-corrected chi connectivity index (χ2v) is 9.45. The van der Waals surface area contributed by atoms with Gasteiger partial charge < -0.3 is 5.32 Å². The Bertz CT molecular complexity index is 790. The van der Waals surface area contributed by atoms with Crippen LogP contribution in [0, 0.1) is 20.8 Å². The number of hydrogen-bond donors (Lipinski definition) is 1. The number of hydrogen-bond acceptors (Lipinski definition) is 3. The van der Waals surface area contributed by atoms with E-state index < -0.39 is 10.0 Å². The Morgan fingerprint density at radius 3 is 2.37 bits per heavy atom. The molecular weight excluding hydrogens is 360 g/mol. The number of benzene rings is 1. The standard InChI is InChI=1S/C21H32N2O3S/c1-16-14-17(2)21(18(3)15-16)23(27(4,25)26)13-11-20(24)22-12-10-19-8-6-5-7-9-19/h8,14-15H,5-7,9-13H2,1-4H3,(H,22,24). The second kappa shape index (κ2) is 9.40. The molecule has 1 aliphatic rings. The number of aryl methyl sites for hydroxylation is 3. The molecule has 0 saturated carbocycles. The van der Waals surface area contributed by atoms with Crippen molar-refractivity contribution >= 4 is 21.6 Å². The van der Waals surface area contributed by atoms with Crippen molar-refractivity contribution in [2.45, 2.75) is 59.3 Å². The van der Waals surface area contributed by atoms with Crippen molar-refractivity contribution in [2.75, 3.05) is 23.7 Å². The van der Waals surface area contributed by atoms with Gasteiger partial charge in [0.2, 0.25) is 15.9 Å². The highest BCUT2D eigenvalue weighted by Gasteiger charge is 2.22. The second-order valence-electron chi connectivity index (χ2n) is 7.54. The number of nitrogens with zero attached hydrogens (tertiary/aromatic N) is 1. The fraction of sp³-hybridized carbons (Fsp3) is 0.571. The monoisotopic (exact) mass is 392 g/mol. The number of anilines is 1. The van der Waals surface area contributed by atoms with Gasteiger partial charge in [0.1, 0.15) is 0 Å². The molecule has 5 nitrogen and oxygen atoms in total. The molecule has 0 unspecified atom stereocenters. The van der Waals surface area contributed by atoms with E-state index in [0.717, 1.165) is 36.0 Å². The minimum atomic E-state index is -3.46. The molecule has 0 spiro atoms. The summed E-state index contributed by atoms with van der Waals surface area (Å²) in [6, 6.07) is 3.94. The molecule has 0 bridgehead atoms. The molecule has 0 atom stereocenters. The van der Waals surface area contributed by atoms with Crippen molar-refractivity contribution in [3.05, 3.63) is 40.5 Å². The van der Waals surface area contributed by atoms with Gasteiger partial charge in [0.25, 0.3) is 0 Å². The molecule has 0 saturated heterocycles. The summed E-state index contributed by atoms with van der Waals surface area (Å²) in [4.78, 5) is 12.2. The first-order valence-corrected chi connectivity index (χ1v) is 11.5. The molecule has 1 aliphatic carbocycles. The molecule has 150 valence electrons. The van der Waals surface area contributed by atoms with E-state index in [2.05, 4.69) is 11.4 Å². The molecule has 1 aromatic rings. The summed E-state index contributed by atoms with van der Waals surface area (Å²) in [5.74, 6) is -0.109. The highest BCUT2D eigenvalue weighted by molar-refractivity contribution is 7.92. The lowest BCUT2D eigenvalue weighted by Gasteiger charge is -2.26. The lowest BCUT2D eigenvalue weighted by atomic mass is 9.97. The van der Waals surface area contributed by atoms with Crippen molar-refractivity contribution in [3.63, 3.8) is 0 Å². The largest absolute Gasteiger partial charge is 0.356 e. The maximum absolute atomic E-state index is 12.3. The molecule has 0 aromatic heterocycles. The normalized spacial score (nSPS) is 14.6. The van der Waals surface area contributed by atoms with Gasteiger partial charge in [-0.05, 0) is 64.0 Å². The van der Waals surface area contributed by atoms with Crippen LogP contribution < -0.4 is 9.62 Å². The van der Waals surface area contributed by atoms with E-state index in [9.17, 15) is 13.2 Å². The molecule has 0 aliphatic heterocycles. The fourth-order valence-electron chi connectivity index (χ4n) is 3.79. The molecule has 0 fully saturated rings. The van der Waals surface area contributed by atoms with Gasteiger partial charge in [-0.3, -0.25) is 9.10 Å². The van der Waals surface area contributed by atoms with E-state index in [1.54, 1.807) is 0 Å². The van der Waals surface area contributed by atoms with Crippen LogP contribution in [0.2, 0.25) is 0 Å². The summed E-state index contributed by atoms with van der Waals surface area (Å²) in [6.45, 7) is 6.57. The number of nitrogens with one attached hydrogen (secondary N) is 1. The first kappa shape index (κ1) is 21.5. The Kier molecular flexibility index (Phi) is 7.48. The van der Waals surface area contributed by atoms with Crippen LogP contribution in [-0.2, 0) is 14.8 Å². The van der Waals surface area contributed by atoms with Gasteiger partial charge in [0, 0.05) is 19.5 Å². The molecule has 2 rings (SSSR count). The fourth-order valence-corrected chi connectivity index (χ4v) is 4.84. The maximum atomic E-state index is 12.3. The van der Waals surface area contributed by atoms with Gasteiger partial charge >= 0.3 is 0 Å². The van der Waals surface area contributed by atoms with Crippen LogP contribution >= 0.6 is 0 Å². The average Bonchev–Trinajstić information content (AvgIpc) is 2.56. The van der Waals surface area contributed by atoms with Crippen LogP contribution in [0.3, 0.4) is 0 Å². The van der Waals surface area contributed by atoms with Gasteiger partial charge in [-0.25, -0.2) is 8.42 Å². The Labute approximate surface area is 163 Å². The molecule has 0 radical (unpaired) electrons. The van der Waals surface area contributed by atoms with E-state index in [1.807, 2.05) is 32.9 Å². The van der Waals surface area contributed by atoms with E-state index >= 15 is 0 Å². The predicted octanol–water partition coefficient (Wildman–Crippen LogP) is 3.77. The number of sulfonamides is 1. The maximum Gasteiger partial charge on any atom is 0.232 e. The van der Waals surface area contributed by atoms with Crippen LogP contribution in [0.1, 0.15) is 55.2 Å². The van der Waals surface area contributed by atoms with Crippen LogP contribution in [0.25, 0.3) is 0 Å². The minimum absolute atomic E-state index is 0.109. The summed E-state index contributed by atoms with van der Waals surface area (Å²) in [6.07, 6.45) is 9.28. The third kappa shape index (κ3) is 6.38. The third-order valence-corrected chi connectivity index (χ3v) is 6.15. The van der Waals surface area contributed by atoms with Crippen molar-refractivity contribution in [2.24, 2.45) is 0 Å². The molecule has 6 heteroatoms. The molecule has 1 aromatic carbocycles. The smallest absolute Gasteiger partial charge is 0.232 e. The quantitative estimate of drug-likeness (QED) is 0.685. The SMILES string of the molecule is Cc1cc(C)c(N(CCC(=O)NCCC2=CCCCC2)S(C)(=O)=O)c(C)c1. The van der Waals surface area contributed by atoms with Crippen molar-refractivity contribution < 1.29 is 13.2 Å². The Morgan fingerprint density at radius 2 is 1.81 bits per heavy atom. The number of allylic oxidation sites excluding steroid dienone is 1. The van der Waals surface area contributed by atoms with Crippen LogP contribution in [0.15, 0.2) is 23.8 Å². The van der Waals surface area contributed by atoms with Crippen LogP contribution in [0.4, 0.5) is 5.69 Å². The topological polar surface area (TPSA) is 66.5 Å². The molecule has 27 heavy (non-hydrogen) atoms. The third-order valence-electron chi connectivity index (χ3n) is 4.98. The zero-order chi connectivity index (χ0) is 20.0. The minimum Gasteiger partial charge on any atom is -0.356 e. The summed E-state index contributed by atoms with van der Waals surface area (Å²) >= 11 is 0. The predicted molar refractivity (Wildman–Crippen MR) is 112 cm³/mol. The van der Waals surface area contributed by atoms with E-state index in [0.29, 0.717) is 12.2 Å². The highest BCUT2D eigenvalue weighted by atomic mass is 32.2. The number of carbonyl (C=O) groups excluding carboxylic acids is 1. The summed E-state index contributed by atoms with van der Waals surface area (Å²) in [5.41, 5.74) is 5.01. The Balaban J connectivity index is 1.97. The summed E-state index contributed by atoms with van der Waals surface area (Å²) in [5, 5.41) is 2.93. The Morgan fingerprint density at radius 1 is 1.15 bits per heavy atom. The van der Waals surface area contributed by atoms with Gasteiger partial charge in [-0.2, -0.15) is 0 Å². The van der Waals surface area contributed by atoms with E-state index in [1.165, 1.54) is 29.0 Å². The van der Waals surface area contributed by atoms with Gasteiger partial charge in [-0.1, -0.05) is 29.3 Å². The lowest BCUT2D eigenvalue weighted by molar-refractivity contribution is -0.120. The van der Waals surface area contributed by atoms with E-state index in [-0.39, 0.29) is 18.9 Å². The van der Waals surface area contributed by atoms with Gasteiger partial charge in [-0.15, -0.1) is 0 Å². The first-order valence-electron chi connectivity index (χ1n) is 9.68. The van der Waals surface area contributed by atoms with Crippen molar-refractivity contribution in [3.8, 4) is 0 Å². The molecule has 1 N–H and O–H groups in total. The zero-order valence-electron chi connectivity index (χ0n) is 17.0. The molecular formula is C21H32N2O3S. The molecule has 1 amide bonds. The number of rotatable bonds is 8. The van der Waals surface area contributed by atoms with Crippen LogP contribution in [-0.4, -0.2) is 33.7 Å². The van der Waals surface area contributed by atoms with E-state index in [4.69, 9.17) is 0 Å². The first-order chi connectivity index (χ1) is 12.7. The highest BCUT2D eigenvalue weighted by Crippen LogP contribution is 2.28. The van der Waals surface area contributed by atoms with Crippen molar-refractivity contribution in [1.29, 1.82) is 0 Å². The van der Waals surface area contributed by atoms with Crippen molar-refractivity contribution in [1.82, 2.24) is 5.32 Å².